The quantitative estimate of drug-likeness (QED) is 0.626. The van der Waals surface area contributed by atoms with Crippen molar-refractivity contribution in [1.29, 1.82) is 0 Å². The molecule has 1 aromatic carbocycles. The first-order valence-corrected chi connectivity index (χ1v) is 8.56. The van der Waals surface area contributed by atoms with Crippen molar-refractivity contribution in [2.24, 2.45) is 0 Å². The molecule has 2 N–H and O–H groups in total. The Morgan fingerprint density at radius 1 is 1.19 bits per heavy atom. The summed E-state index contributed by atoms with van der Waals surface area (Å²) in [5.41, 5.74) is -0.0481. The van der Waals surface area contributed by atoms with Gasteiger partial charge in [-0.15, -0.1) is 0 Å². The molecule has 1 heterocycles. The Kier molecular flexibility index (Phi) is 6.85. The number of halogens is 4. The lowest BCUT2D eigenvalue weighted by atomic mass is 10.2. The number of alkyl halides is 3. The van der Waals surface area contributed by atoms with E-state index in [0.29, 0.717) is 17.8 Å². The second-order valence-corrected chi connectivity index (χ2v) is 6.15. The van der Waals surface area contributed by atoms with Gasteiger partial charge in [-0.05, 0) is 30.7 Å². The fraction of sp³-hybridized carbons (Fsp3) is 0.333. The van der Waals surface area contributed by atoms with Crippen LogP contribution in [-0.2, 0) is 6.18 Å². The van der Waals surface area contributed by atoms with Gasteiger partial charge in [0, 0.05) is 12.7 Å². The topological polar surface area (TPSA) is 54.0 Å². The first-order valence-electron chi connectivity index (χ1n) is 8.18. The van der Waals surface area contributed by atoms with Crippen LogP contribution in [0, 0.1) is 0 Å². The molecule has 0 aliphatic rings. The van der Waals surface area contributed by atoms with Gasteiger partial charge in [-0.3, -0.25) is 9.78 Å². The van der Waals surface area contributed by atoms with Crippen molar-refractivity contribution in [1.82, 2.24) is 10.3 Å². The van der Waals surface area contributed by atoms with Gasteiger partial charge >= 0.3 is 6.18 Å². The predicted octanol–water partition coefficient (Wildman–Crippen LogP) is 5.42. The van der Waals surface area contributed by atoms with Crippen molar-refractivity contribution >= 4 is 28.9 Å². The lowest BCUT2D eigenvalue weighted by Crippen LogP contribution is -2.24. The molecule has 0 saturated heterocycles. The Hall–Kier alpha value is -2.28. The summed E-state index contributed by atoms with van der Waals surface area (Å²) >= 11 is 5.97. The molecule has 0 aliphatic heterocycles. The number of nitrogens with one attached hydrogen (secondary N) is 2. The van der Waals surface area contributed by atoms with Crippen LogP contribution in [0.4, 0.5) is 24.5 Å². The molecule has 4 nitrogen and oxygen atoms in total. The average molecular weight is 386 g/mol. The lowest BCUT2D eigenvalue weighted by Gasteiger charge is -2.13. The molecule has 0 atom stereocenters. The maximum Gasteiger partial charge on any atom is 0.416 e. The Labute approximate surface area is 154 Å². The minimum atomic E-state index is -4.47. The van der Waals surface area contributed by atoms with Crippen LogP contribution in [-0.4, -0.2) is 17.4 Å². The number of hydrogen-bond acceptors (Lipinski definition) is 3. The highest BCUT2D eigenvalue weighted by molar-refractivity contribution is 6.33. The monoisotopic (exact) mass is 385 g/mol. The average Bonchev–Trinajstić information content (AvgIpc) is 2.60. The van der Waals surface area contributed by atoms with E-state index in [4.69, 9.17) is 11.6 Å². The molecule has 140 valence electrons. The van der Waals surface area contributed by atoms with Gasteiger partial charge in [0.15, 0.2) is 0 Å². The number of nitrogens with zero attached hydrogens (tertiary/aromatic N) is 1. The third-order valence-corrected chi connectivity index (χ3v) is 3.97. The molecule has 0 saturated carbocycles. The van der Waals surface area contributed by atoms with Gasteiger partial charge in [-0.1, -0.05) is 31.4 Å². The largest absolute Gasteiger partial charge is 0.416 e. The smallest absolute Gasteiger partial charge is 0.353 e. The molecule has 0 unspecified atom stereocenters. The number of benzene rings is 1. The summed E-state index contributed by atoms with van der Waals surface area (Å²) in [4.78, 5) is 16.1. The zero-order valence-corrected chi connectivity index (χ0v) is 14.9. The van der Waals surface area contributed by atoms with Gasteiger partial charge < -0.3 is 10.6 Å². The van der Waals surface area contributed by atoms with E-state index < -0.39 is 11.7 Å². The summed E-state index contributed by atoms with van der Waals surface area (Å²) in [6.45, 7) is 2.63. The Morgan fingerprint density at radius 2 is 1.96 bits per heavy atom. The summed E-state index contributed by atoms with van der Waals surface area (Å²) < 4.78 is 38.5. The second-order valence-electron chi connectivity index (χ2n) is 5.74. The van der Waals surface area contributed by atoms with Crippen molar-refractivity contribution in [3.8, 4) is 0 Å². The van der Waals surface area contributed by atoms with E-state index in [9.17, 15) is 18.0 Å². The fourth-order valence-electron chi connectivity index (χ4n) is 2.26. The molecule has 0 spiro atoms. The first-order chi connectivity index (χ1) is 12.3. The highest BCUT2D eigenvalue weighted by Crippen LogP contribution is 2.34. The Balaban J connectivity index is 2.12. The Morgan fingerprint density at radius 3 is 2.65 bits per heavy atom. The SMILES string of the molecule is CCCCCNC(=O)c1cncc(Nc2cc(C(F)(F)F)ccc2Cl)c1. The van der Waals surface area contributed by atoms with Crippen LogP contribution in [0.15, 0.2) is 36.7 Å². The van der Waals surface area contributed by atoms with Gasteiger partial charge in [0.1, 0.15) is 0 Å². The number of carbonyl (C=O) groups is 1. The van der Waals surface area contributed by atoms with Crippen molar-refractivity contribution in [2.45, 2.75) is 32.4 Å². The summed E-state index contributed by atoms with van der Waals surface area (Å²) in [6, 6.07) is 4.51. The van der Waals surface area contributed by atoms with E-state index in [1.807, 2.05) is 0 Å². The number of unbranched alkanes of at least 4 members (excludes halogenated alkanes) is 2. The minimum absolute atomic E-state index is 0.0868. The Bertz CT molecular complexity index is 766. The molecule has 1 aromatic heterocycles. The van der Waals surface area contributed by atoms with Crippen LogP contribution in [0.25, 0.3) is 0 Å². The number of anilines is 2. The zero-order valence-electron chi connectivity index (χ0n) is 14.2. The van der Waals surface area contributed by atoms with Crippen molar-refractivity contribution in [2.75, 3.05) is 11.9 Å². The maximum atomic E-state index is 12.8. The molecular formula is C18H19ClF3N3O. The number of aromatic nitrogens is 1. The fourth-order valence-corrected chi connectivity index (χ4v) is 2.43. The van der Waals surface area contributed by atoms with Gasteiger partial charge in [-0.2, -0.15) is 13.2 Å². The van der Waals surface area contributed by atoms with Gasteiger partial charge in [0.2, 0.25) is 0 Å². The molecular weight excluding hydrogens is 367 g/mol. The molecule has 1 amide bonds. The molecule has 8 heteroatoms. The van der Waals surface area contributed by atoms with E-state index in [-0.39, 0.29) is 16.6 Å². The van der Waals surface area contributed by atoms with Crippen LogP contribution in [0.2, 0.25) is 5.02 Å². The van der Waals surface area contributed by atoms with Gasteiger partial charge in [0.25, 0.3) is 5.91 Å². The summed E-state index contributed by atoms with van der Waals surface area (Å²) in [5, 5.41) is 5.70. The molecule has 0 aliphatic carbocycles. The zero-order chi connectivity index (χ0) is 19.2. The molecule has 2 rings (SSSR count). The minimum Gasteiger partial charge on any atom is -0.353 e. The van der Waals surface area contributed by atoms with Crippen LogP contribution in [0.1, 0.15) is 42.1 Å². The predicted molar refractivity (Wildman–Crippen MR) is 95.8 cm³/mol. The van der Waals surface area contributed by atoms with Crippen LogP contribution in [0.3, 0.4) is 0 Å². The van der Waals surface area contributed by atoms with E-state index in [0.717, 1.165) is 31.4 Å². The molecule has 26 heavy (non-hydrogen) atoms. The lowest BCUT2D eigenvalue weighted by molar-refractivity contribution is -0.137. The standard InChI is InChI=1S/C18H19ClF3N3O/c1-2-3-4-7-24-17(26)12-8-14(11-23-10-12)25-16-9-13(18(20,21)22)5-6-15(16)19/h5-6,8-11,25H,2-4,7H2,1H3,(H,24,26). The third-order valence-electron chi connectivity index (χ3n) is 3.64. The first kappa shape index (κ1) is 20.0. The summed E-state index contributed by atoms with van der Waals surface area (Å²) in [7, 11) is 0. The maximum absolute atomic E-state index is 12.8. The van der Waals surface area contributed by atoms with E-state index in [1.165, 1.54) is 24.5 Å². The molecule has 0 bridgehead atoms. The third kappa shape index (κ3) is 5.62. The second kappa shape index (κ2) is 8.89. The number of amides is 1. The van der Waals surface area contributed by atoms with E-state index in [1.54, 1.807) is 0 Å². The van der Waals surface area contributed by atoms with Crippen molar-refractivity contribution in [3.05, 3.63) is 52.8 Å². The normalized spacial score (nSPS) is 11.3. The number of carbonyl (C=O) groups excluding carboxylic acids is 1. The van der Waals surface area contributed by atoms with Gasteiger partial charge in [0.05, 0.1) is 33.7 Å². The van der Waals surface area contributed by atoms with Crippen molar-refractivity contribution in [3.63, 3.8) is 0 Å². The summed E-state index contributed by atoms with van der Waals surface area (Å²) in [5.74, 6) is -0.285. The molecule has 0 radical (unpaired) electrons. The highest BCUT2D eigenvalue weighted by atomic mass is 35.5. The van der Waals surface area contributed by atoms with E-state index in [2.05, 4.69) is 22.5 Å². The van der Waals surface area contributed by atoms with Crippen LogP contribution < -0.4 is 10.6 Å². The highest BCUT2D eigenvalue weighted by Gasteiger charge is 2.31. The van der Waals surface area contributed by atoms with Gasteiger partial charge in [-0.25, -0.2) is 0 Å². The summed E-state index contributed by atoms with van der Waals surface area (Å²) in [6.07, 6.45) is 1.29. The van der Waals surface area contributed by atoms with Crippen LogP contribution in [0.5, 0.6) is 0 Å². The molecule has 0 fully saturated rings. The van der Waals surface area contributed by atoms with E-state index >= 15 is 0 Å². The molecule has 2 aromatic rings. The number of rotatable bonds is 7. The van der Waals surface area contributed by atoms with Crippen LogP contribution >= 0.6 is 11.6 Å². The number of pyridine rings is 1. The number of hydrogen-bond donors (Lipinski definition) is 2. The van der Waals surface area contributed by atoms with Crippen molar-refractivity contribution < 1.29 is 18.0 Å².